The summed E-state index contributed by atoms with van der Waals surface area (Å²) in [5.41, 5.74) is 0.564. The van der Waals surface area contributed by atoms with Gasteiger partial charge in [-0.2, -0.15) is 0 Å². The number of rotatable bonds is 1. The summed E-state index contributed by atoms with van der Waals surface area (Å²) >= 11 is 0. The first-order chi connectivity index (χ1) is 8.28. The molecule has 1 aromatic heterocycles. The highest BCUT2D eigenvalue weighted by molar-refractivity contribution is 5.41. The van der Waals surface area contributed by atoms with Gasteiger partial charge < -0.3 is 14.6 Å². The van der Waals surface area contributed by atoms with Crippen molar-refractivity contribution in [1.82, 2.24) is 0 Å². The molecule has 86 valence electrons. The average Bonchev–Trinajstić information content (AvgIpc) is 2.40. The minimum absolute atomic E-state index is 0.0600. The van der Waals surface area contributed by atoms with Crippen molar-refractivity contribution in [2.45, 2.75) is 5.79 Å². The predicted molar refractivity (Wildman–Crippen MR) is 59.5 cm³/mol. The van der Waals surface area contributed by atoms with Crippen LogP contribution in [-0.2, 0) is 5.79 Å². The number of pyridine rings is 1. The number of aromatic nitrogens is 1. The fourth-order valence-corrected chi connectivity index (χ4v) is 1.81. The Morgan fingerprint density at radius 3 is 2.59 bits per heavy atom. The van der Waals surface area contributed by atoms with Crippen LogP contribution in [0.4, 0.5) is 0 Å². The summed E-state index contributed by atoms with van der Waals surface area (Å²) in [4.78, 5) is 2.95. The fraction of sp³-hybridized carbons (Fsp3) is 0.154. The molecule has 0 spiro atoms. The Hall–Kier alpha value is -2.07. The minimum Gasteiger partial charge on any atom is -0.482 e. The van der Waals surface area contributed by atoms with Gasteiger partial charge >= 0.3 is 5.79 Å². The highest BCUT2D eigenvalue weighted by Gasteiger charge is 2.42. The fourth-order valence-electron chi connectivity index (χ4n) is 1.81. The predicted octanol–water partition coefficient (Wildman–Crippen LogP) is 1.12. The monoisotopic (exact) mass is 230 g/mol. The molecule has 0 saturated carbocycles. The molecule has 0 amide bonds. The van der Waals surface area contributed by atoms with Crippen molar-refractivity contribution in [3.63, 3.8) is 0 Å². The first-order valence-corrected chi connectivity index (χ1v) is 5.38. The zero-order valence-corrected chi connectivity index (χ0v) is 9.09. The number of ether oxygens (including phenoxy) is 2. The third kappa shape index (κ3) is 1.72. The Kier molecular flexibility index (Phi) is 2.23. The molecule has 17 heavy (non-hydrogen) atoms. The summed E-state index contributed by atoms with van der Waals surface area (Å²) in [5.74, 6) is -0.276. The second-order valence-electron chi connectivity index (χ2n) is 3.90. The number of aromatic amines is 1. The molecular formula is C13H12NO3+. The van der Waals surface area contributed by atoms with Crippen LogP contribution in [0.5, 0.6) is 11.5 Å². The van der Waals surface area contributed by atoms with E-state index < -0.39 is 5.79 Å². The van der Waals surface area contributed by atoms with E-state index >= 15 is 0 Å². The third-order valence-corrected chi connectivity index (χ3v) is 2.68. The van der Waals surface area contributed by atoms with Gasteiger partial charge in [0.1, 0.15) is 0 Å². The van der Waals surface area contributed by atoms with E-state index in [1.165, 1.54) is 0 Å². The van der Waals surface area contributed by atoms with E-state index in [0.29, 0.717) is 17.2 Å². The molecule has 0 bridgehead atoms. The Morgan fingerprint density at radius 1 is 1.06 bits per heavy atom. The van der Waals surface area contributed by atoms with Gasteiger partial charge in [-0.1, -0.05) is 12.1 Å². The highest BCUT2D eigenvalue weighted by atomic mass is 16.7. The van der Waals surface area contributed by atoms with E-state index in [9.17, 15) is 5.11 Å². The zero-order valence-electron chi connectivity index (χ0n) is 9.09. The van der Waals surface area contributed by atoms with Gasteiger partial charge in [-0.3, -0.25) is 0 Å². The molecule has 1 aliphatic rings. The molecule has 1 unspecified atom stereocenters. The number of para-hydroxylation sites is 2. The van der Waals surface area contributed by atoms with Gasteiger partial charge in [-0.25, -0.2) is 4.98 Å². The molecule has 4 heteroatoms. The Morgan fingerprint density at radius 2 is 1.82 bits per heavy atom. The molecule has 0 fully saturated rings. The van der Waals surface area contributed by atoms with Gasteiger partial charge in [0.15, 0.2) is 24.3 Å². The van der Waals surface area contributed by atoms with E-state index in [1.54, 1.807) is 18.3 Å². The number of benzene rings is 1. The number of nitrogens with one attached hydrogen (secondary N) is 1. The molecule has 2 N–H and O–H groups in total. The number of hydrogen-bond donors (Lipinski definition) is 1. The molecular weight excluding hydrogens is 218 g/mol. The van der Waals surface area contributed by atoms with Gasteiger partial charge in [0.25, 0.3) is 5.69 Å². The van der Waals surface area contributed by atoms with Crippen LogP contribution in [0.3, 0.4) is 0 Å². The van der Waals surface area contributed by atoms with Crippen LogP contribution in [0.15, 0.2) is 48.7 Å². The number of fused-ring (bicyclic) bond motifs is 1. The Bertz CT molecular complexity index is 529. The van der Waals surface area contributed by atoms with Crippen molar-refractivity contribution in [1.29, 1.82) is 0 Å². The molecule has 3 rings (SSSR count). The SMILES string of the molecule is OC1(c2cccc[nH+]2)COc2ccccc2O1. The summed E-state index contributed by atoms with van der Waals surface area (Å²) in [6.07, 6.45) is 1.73. The molecule has 0 saturated heterocycles. The highest BCUT2D eigenvalue weighted by Crippen LogP contribution is 2.36. The molecule has 1 aliphatic heterocycles. The molecule has 4 nitrogen and oxygen atoms in total. The molecule has 1 aromatic carbocycles. The second-order valence-corrected chi connectivity index (χ2v) is 3.90. The van der Waals surface area contributed by atoms with Crippen molar-refractivity contribution in [2.75, 3.05) is 6.61 Å². The Labute approximate surface area is 98.5 Å². The van der Waals surface area contributed by atoms with Crippen LogP contribution in [0.2, 0.25) is 0 Å². The van der Waals surface area contributed by atoms with Crippen LogP contribution >= 0.6 is 0 Å². The maximum absolute atomic E-state index is 10.4. The average molecular weight is 230 g/mol. The van der Waals surface area contributed by atoms with Crippen molar-refractivity contribution in [2.24, 2.45) is 0 Å². The first kappa shape index (κ1) is 10.1. The lowest BCUT2D eigenvalue weighted by molar-refractivity contribution is -0.426. The van der Waals surface area contributed by atoms with Crippen molar-refractivity contribution in [3.8, 4) is 11.5 Å². The summed E-state index contributed by atoms with van der Waals surface area (Å²) in [7, 11) is 0. The smallest absolute Gasteiger partial charge is 0.329 e. The van der Waals surface area contributed by atoms with E-state index in [-0.39, 0.29) is 6.61 Å². The lowest BCUT2D eigenvalue weighted by Crippen LogP contribution is -2.45. The van der Waals surface area contributed by atoms with E-state index in [2.05, 4.69) is 4.98 Å². The van der Waals surface area contributed by atoms with Crippen molar-refractivity contribution < 1.29 is 19.6 Å². The lowest BCUT2D eigenvalue weighted by atomic mass is 10.1. The van der Waals surface area contributed by atoms with Crippen molar-refractivity contribution >= 4 is 0 Å². The van der Waals surface area contributed by atoms with E-state index in [1.807, 2.05) is 30.3 Å². The van der Waals surface area contributed by atoms with Gasteiger partial charge in [-0.15, -0.1) is 0 Å². The quantitative estimate of drug-likeness (QED) is 0.798. The molecule has 2 aromatic rings. The number of aliphatic hydroxyl groups is 1. The van der Waals surface area contributed by atoms with Crippen LogP contribution in [-0.4, -0.2) is 11.7 Å². The van der Waals surface area contributed by atoms with E-state index in [0.717, 1.165) is 0 Å². The maximum Gasteiger partial charge on any atom is 0.329 e. The summed E-state index contributed by atoms with van der Waals surface area (Å²) in [6, 6.07) is 12.7. The van der Waals surface area contributed by atoms with E-state index in [4.69, 9.17) is 9.47 Å². The number of hydrogen-bond acceptors (Lipinski definition) is 3. The summed E-state index contributed by atoms with van der Waals surface area (Å²) in [6.45, 7) is 0.0600. The van der Waals surface area contributed by atoms with Crippen LogP contribution in [0.1, 0.15) is 5.69 Å². The van der Waals surface area contributed by atoms with Crippen molar-refractivity contribution in [3.05, 3.63) is 54.4 Å². The minimum atomic E-state index is -1.46. The largest absolute Gasteiger partial charge is 0.482 e. The van der Waals surface area contributed by atoms with Crippen LogP contribution < -0.4 is 14.5 Å². The van der Waals surface area contributed by atoms with Crippen LogP contribution in [0.25, 0.3) is 0 Å². The van der Waals surface area contributed by atoms with Gasteiger partial charge in [0.05, 0.1) is 0 Å². The van der Waals surface area contributed by atoms with Gasteiger partial charge in [0.2, 0.25) is 0 Å². The summed E-state index contributed by atoms with van der Waals surface area (Å²) in [5, 5.41) is 10.4. The molecule has 1 atom stereocenters. The third-order valence-electron chi connectivity index (χ3n) is 2.68. The summed E-state index contributed by atoms with van der Waals surface area (Å²) < 4.78 is 11.1. The topological polar surface area (TPSA) is 52.8 Å². The first-order valence-electron chi connectivity index (χ1n) is 5.38. The normalized spacial score (nSPS) is 22.2. The second kappa shape index (κ2) is 3.75. The molecule has 0 radical (unpaired) electrons. The maximum atomic E-state index is 10.4. The van der Waals surface area contributed by atoms with Crippen LogP contribution in [0, 0.1) is 0 Å². The zero-order chi connectivity index (χ0) is 11.7. The molecule has 0 aliphatic carbocycles. The standard InChI is InChI=1S/C13H11NO3/c15-13(12-7-3-4-8-14-12)9-16-10-5-1-2-6-11(10)17-13/h1-8,15H,9H2/p+1. The Balaban J connectivity index is 1.98. The lowest BCUT2D eigenvalue weighted by Gasteiger charge is -2.30. The number of H-pyrrole nitrogens is 1. The van der Waals surface area contributed by atoms with Gasteiger partial charge in [-0.05, 0) is 18.2 Å². The molecule has 2 heterocycles. The van der Waals surface area contributed by atoms with Gasteiger partial charge in [0, 0.05) is 12.1 Å².